The second-order valence-corrected chi connectivity index (χ2v) is 10.6. The lowest BCUT2D eigenvalue weighted by Gasteiger charge is -2.14. The van der Waals surface area contributed by atoms with Gasteiger partial charge in [0.25, 0.3) is 17.1 Å². The van der Waals surface area contributed by atoms with Gasteiger partial charge in [-0.25, -0.2) is 0 Å². The molecule has 0 spiro atoms. The molecule has 10 heteroatoms. The zero-order valence-electron chi connectivity index (χ0n) is 19.0. The predicted octanol–water partition coefficient (Wildman–Crippen LogP) is 6.32. The maximum Gasteiger partial charge on any atom is 0.293 e. The van der Waals surface area contributed by atoms with Crippen molar-refractivity contribution in [3.8, 4) is 11.5 Å². The van der Waals surface area contributed by atoms with Crippen LogP contribution in [0.25, 0.3) is 6.08 Å². The fourth-order valence-electron chi connectivity index (χ4n) is 3.40. The van der Waals surface area contributed by atoms with E-state index in [9.17, 15) is 14.4 Å². The number of nitrogens with one attached hydrogen (secondary N) is 1. The molecule has 1 saturated heterocycles. The van der Waals surface area contributed by atoms with Crippen LogP contribution in [0.15, 0.2) is 76.1 Å². The summed E-state index contributed by atoms with van der Waals surface area (Å²) in [7, 11) is 1.50. The fraction of sp³-hybridized carbons (Fsp3) is 0.115. The highest BCUT2D eigenvalue weighted by Gasteiger charge is 2.35. The number of imide groups is 1. The maximum atomic E-state index is 13.0. The molecule has 1 fully saturated rings. The summed E-state index contributed by atoms with van der Waals surface area (Å²) >= 11 is 6.44. The summed E-state index contributed by atoms with van der Waals surface area (Å²) in [4.78, 5) is 39.3. The summed E-state index contributed by atoms with van der Waals surface area (Å²) in [6.07, 6.45) is 1.65. The van der Waals surface area contributed by atoms with E-state index in [0.717, 1.165) is 21.8 Å². The summed E-state index contributed by atoms with van der Waals surface area (Å²) in [5, 5.41) is 2.44. The van der Waals surface area contributed by atoms with Gasteiger partial charge in [0.1, 0.15) is 0 Å². The molecular formula is C26H20BrIN2O5S. The van der Waals surface area contributed by atoms with Crippen LogP contribution in [-0.4, -0.2) is 35.7 Å². The first-order valence-corrected chi connectivity index (χ1v) is 13.4. The molecule has 184 valence electrons. The minimum absolute atomic E-state index is 0.183. The van der Waals surface area contributed by atoms with Crippen LogP contribution in [0.1, 0.15) is 11.1 Å². The summed E-state index contributed by atoms with van der Waals surface area (Å²) in [6.45, 7) is -0.0172. The number of methoxy groups -OCH3 is 1. The van der Waals surface area contributed by atoms with Crippen molar-refractivity contribution in [2.75, 3.05) is 19.0 Å². The average molecular weight is 679 g/mol. The van der Waals surface area contributed by atoms with Crippen molar-refractivity contribution >= 4 is 79.1 Å². The molecular weight excluding hydrogens is 659 g/mol. The van der Waals surface area contributed by atoms with Crippen LogP contribution in [0.5, 0.6) is 11.5 Å². The van der Waals surface area contributed by atoms with E-state index in [1.54, 1.807) is 30.3 Å². The Hall–Kier alpha value is -2.83. The molecule has 1 aliphatic heterocycles. The third-order valence-electron chi connectivity index (χ3n) is 5.11. The van der Waals surface area contributed by atoms with Crippen LogP contribution < -0.4 is 14.8 Å². The molecule has 0 radical (unpaired) electrons. The van der Waals surface area contributed by atoms with Crippen molar-refractivity contribution in [2.24, 2.45) is 0 Å². The van der Waals surface area contributed by atoms with Crippen LogP contribution in [0.2, 0.25) is 0 Å². The summed E-state index contributed by atoms with van der Waals surface area (Å²) < 4.78 is 12.8. The van der Waals surface area contributed by atoms with Crippen molar-refractivity contribution in [2.45, 2.75) is 6.54 Å². The lowest BCUT2D eigenvalue weighted by molar-refractivity contribution is -0.123. The number of anilines is 1. The van der Waals surface area contributed by atoms with Crippen molar-refractivity contribution in [1.82, 2.24) is 4.90 Å². The molecule has 1 N–H and O–H groups in total. The van der Waals surface area contributed by atoms with Gasteiger partial charge in [-0.1, -0.05) is 52.3 Å². The van der Waals surface area contributed by atoms with Gasteiger partial charge in [0.15, 0.2) is 18.1 Å². The first-order valence-electron chi connectivity index (χ1n) is 10.7. The molecule has 4 rings (SSSR count). The van der Waals surface area contributed by atoms with Gasteiger partial charge >= 0.3 is 0 Å². The van der Waals surface area contributed by atoms with Crippen LogP contribution in [-0.2, 0) is 16.1 Å². The molecule has 36 heavy (non-hydrogen) atoms. The van der Waals surface area contributed by atoms with Gasteiger partial charge in [-0.2, -0.15) is 0 Å². The van der Waals surface area contributed by atoms with E-state index in [2.05, 4.69) is 43.8 Å². The maximum absolute atomic E-state index is 13.0. The van der Waals surface area contributed by atoms with Gasteiger partial charge < -0.3 is 14.8 Å². The van der Waals surface area contributed by atoms with E-state index >= 15 is 0 Å². The Balaban J connectivity index is 1.48. The van der Waals surface area contributed by atoms with Gasteiger partial charge in [0.2, 0.25) is 0 Å². The Morgan fingerprint density at radius 3 is 2.56 bits per heavy atom. The number of thioether (sulfide) groups is 1. The summed E-state index contributed by atoms with van der Waals surface area (Å²) in [5.41, 5.74) is 2.19. The molecule has 1 heterocycles. The normalized spacial score (nSPS) is 14.3. The predicted molar refractivity (Wildman–Crippen MR) is 152 cm³/mol. The number of nitrogens with zero attached hydrogens (tertiary/aromatic N) is 1. The Labute approximate surface area is 234 Å². The minimum Gasteiger partial charge on any atom is -0.493 e. The molecule has 3 aromatic carbocycles. The number of carbonyl (C=O) groups excluding carboxylic acids is 3. The quantitative estimate of drug-likeness (QED) is 0.222. The second kappa shape index (κ2) is 11.9. The Morgan fingerprint density at radius 2 is 1.83 bits per heavy atom. The van der Waals surface area contributed by atoms with E-state index in [-0.39, 0.29) is 30.2 Å². The van der Waals surface area contributed by atoms with Crippen molar-refractivity contribution < 1.29 is 23.9 Å². The van der Waals surface area contributed by atoms with Crippen LogP contribution >= 0.6 is 50.3 Å². The lowest BCUT2D eigenvalue weighted by atomic mass is 10.1. The molecule has 3 amide bonds. The molecule has 0 bridgehead atoms. The number of carbonyl (C=O) groups is 3. The molecule has 7 nitrogen and oxygen atoms in total. The van der Waals surface area contributed by atoms with Gasteiger partial charge in [0.05, 0.1) is 22.1 Å². The third-order valence-corrected chi connectivity index (χ3v) is 7.60. The molecule has 0 aromatic heterocycles. The van der Waals surface area contributed by atoms with Crippen LogP contribution in [0.4, 0.5) is 10.5 Å². The molecule has 0 atom stereocenters. The number of hydrogen-bond acceptors (Lipinski definition) is 6. The second-order valence-electron chi connectivity index (χ2n) is 7.60. The first-order chi connectivity index (χ1) is 17.4. The van der Waals surface area contributed by atoms with E-state index in [1.165, 1.54) is 12.0 Å². The van der Waals surface area contributed by atoms with E-state index in [4.69, 9.17) is 9.47 Å². The minimum atomic E-state index is -0.354. The highest BCUT2D eigenvalue weighted by atomic mass is 127. The van der Waals surface area contributed by atoms with Crippen molar-refractivity contribution in [1.29, 1.82) is 0 Å². The molecule has 0 unspecified atom stereocenters. The van der Waals surface area contributed by atoms with Crippen molar-refractivity contribution in [3.05, 3.63) is 90.8 Å². The van der Waals surface area contributed by atoms with Gasteiger partial charge in [-0.05, 0) is 81.9 Å². The lowest BCUT2D eigenvalue weighted by Crippen LogP contribution is -2.27. The van der Waals surface area contributed by atoms with Gasteiger partial charge in [-0.15, -0.1) is 0 Å². The van der Waals surface area contributed by atoms with E-state index in [1.807, 2.05) is 42.5 Å². The van der Waals surface area contributed by atoms with Crippen LogP contribution in [0, 0.1) is 3.57 Å². The number of rotatable bonds is 8. The number of para-hydroxylation sites is 1. The molecule has 1 aliphatic rings. The number of ether oxygens (including phenoxy) is 2. The van der Waals surface area contributed by atoms with Gasteiger partial charge in [0, 0.05) is 10.2 Å². The average Bonchev–Trinajstić information content (AvgIpc) is 3.12. The third kappa shape index (κ3) is 6.29. The Bertz CT molecular complexity index is 1350. The SMILES string of the molecule is COc1cc(/C=C2\SC(=O)N(Cc3ccccc3Br)C2=O)cc(I)c1OCC(=O)Nc1ccccc1. The van der Waals surface area contributed by atoms with Crippen molar-refractivity contribution in [3.63, 3.8) is 0 Å². The van der Waals surface area contributed by atoms with Crippen LogP contribution in [0.3, 0.4) is 0 Å². The molecule has 0 saturated carbocycles. The van der Waals surface area contributed by atoms with Gasteiger partial charge in [-0.3, -0.25) is 19.3 Å². The number of halogens is 2. The Kier molecular flexibility index (Phi) is 8.70. The monoisotopic (exact) mass is 678 g/mol. The van der Waals surface area contributed by atoms with E-state index < -0.39 is 0 Å². The summed E-state index contributed by atoms with van der Waals surface area (Å²) in [6, 6.07) is 20.1. The highest BCUT2D eigenvalue weighted by molar-refractivity contribution is 14.1. The zero-order chi connectivity index (χ0) is 25.7. The fourth-order valence-corrected chi connectivity index (χ4v) is 5.43. The summed E-state index contributed by atoms with van der Waals surface area (Å²) in [5.74, 6) is 0.170. The molecule has 3 aromatic rings. The Morgan fingerprint density at radius 1 is 1.11 bits per heavy atom. The highest BCUT2D eigenvalue weighted by Crippen LogP contribution is 2.38. The van der Waals surface area contributed by atoms with E-state index in [0.29, 0.717) is 31.2 Å². The largest absolute Gasteiger partial charge is 0.493 e. The molecule has 0 aliphatic carbocycles. The zero-order valence-corrected chi connectivity index (χ0v) is 23.6. The first kappa shape index (κ1) is 26.2. The number of benzene rings is 3. The smallest absolute Gasteiger partial charge is 0.293 e. The number of amides is 3. The topological polar surface area (TPSA) is 84.9 Å². The number of hydrogen-bond donors (Lipinski definition) is 1. The standard InChI is InChI=1S/C26H20BrIN2O5S/c1-34-21-12-16(11-20(28)24(21)35-15-23(31)29-18-8-3-2-4-9-18)13-22-25(32)30(26(33)36-22)14-17-7-5-6-10-19(17)27/h2-13H,14-15H2,1H3,(H,29,31)/b22-13-.